The van der Waals surface area contributed by atoms with Crippen molar-refractivity contribution >= 4 is 33.7 Å². The lowest BCUT2D eigenvalue weighted by Gasteiger charge is -2.18. The lowest BCUT2D eigenvalue weighted by Crippen LogP contribution is -2.33. The van der Waals surface area contributed by atoms with E-state index in [4.69, 9.17) is 9.47 Å². The number of halogens is 1. The molecule has 1 heterocycles. The average Bonchev–Trinajstić information content (AvgIpc) is 3.13. The number of nitrogens with one attached hydrogen (secondary N) is 1. The minimum Gasteiger partial charge on any atom is -0.490 e. The summed E-state index contributed by atoms with van der Waals surface area (Å²) in [6.45, 7) is 4.94. The van der Waals surface area contributed by atoms with E-state index in [9.17, 15) is 9.90 Å². The largest absolute Gasteiger partial charge is 0.490 e. The summed E-state index contributed by atoms with van der Waals surface area (Å²) in [4.78, 5) is 11.2. The molecule has 0 aromatic heterocycles. The van der Waals surface area contributed by atoms with Crippen molar-refractivity contribution in [2.45, 2.75) is 31.9 Å². The number of benzene rings is 2. The Balaban J connectivity index is 1.82. The maximum absolute atomic E-state index is 11.2. The smallest absolute Gasteiger partial charge is 0.321 e. The zero-order valence-corrected chi connectivity index (χ0v) is 17.6. The van der Waals surface area contributed by atoms with Crippen LogP contribution in [0, 0.1) is 6.92 Å². The van der Waals surface area contributed by atoms with Gasteiger partial charge in [0.25, 0.3) is 0 Å². The first-order valence-corrected chi connectivity index (χ1v) is 10.6. The van der Waals surface area contributed by atoms with Crippen LogP contribution in [0.3, 0.4) is 0 Å². The number of hydrogen-bond donors (Lipinski definition) is 2. The molecular formula is C20H22BrNO4S. The van der Waals surface area contributed by atoms with Crippen molar-refractivity contribution in [2.24, 2.45) is 0 Å². The van der Waals surface area contributed by atoms with Gasteiger partial charge in [-0.1, -0.05) is 24.3 Å². The predicted molar refractivity (Wildman–Crippen MR) is 111 cm³/mol. The van der Waals surface area contributed by atoms with E-state index in [1.807, 2.05) is 37.3 Å². The van der Waals surface area contributed by atoms with E-state index >= 15 is 0 Å². The second kappa shape index (κ2) is 8.99. The first-order chi connectivity index (χ1) is 13.0. The molecule has 0 amide bonds. The van der Waals surface area contributed by atoms with E-state index < -0.39 is 12.0 Å². The number of carboxylic acids is 1. The molecule has 0 unspecified atom stereocenters. The molecule has 1 fully saturated rings. The molecule has 0 spiro atoms. The molecule has 3 rings (SSSR count). The van der Waals surface area contributed by atoms with Gasteiger partial charge in [0.05, 0.1) is 16.5 Å². The summed E-state index contributed by atoms with van der Waals surface area (Å²) in [7, 11) is 0. The highest BCUT2D eigenvalue weighted by Gasteiger charge is 2.31. The third kappa shape index (κ3) is 4.78. The first-order valence-electron chi connectivity index (χ1n) is 8.73. The fourth-order valence-electron chi connectivity index (χ4n) is 2.87. The van der Waals surface area contributed by atoms with Gasteiger partial charge in [-0.05, 0) is 58.6 Å². The third-order valence-corrected chi connectivity index (χ3v) is 6.20. The molecule has 1 aliphatic rings. The van der Waals surface area contributed by atoms with Crippen LogP contribution in [-0.2, 0) is 11.4 Å². The summed E-state index contributed by atoms with van der Waals surface area (Å²) in [6, 6.07) is 11.5. The van der Waals surface area contributed by atoms with Gasteiger partial charge in [-0.25, -0.2) is 0 Å². The van der Waals surface area contributed by atoms with Gasteiger partial charge in [-0.2, -0.15) is 0 Å². The highest BCUT2D eigenvalue weighted by molar-refractivity contribution is 9.10. The maximum Gasteiger partial charge on any atom is 0.321 e. The topological polar surface area (TPSA) is 67.8 Å². The number of aliphatic carboxylic acids is 1. The molecule has 0 bridgehead atoms. The normalized spacial score (nSPS) is 19.1. The van der Waals surface area contributed by atoms with Crippen LogP contribution < -0.4 is 14.8 Å². The molecule has 0 radical (unpaired) electrons. The van der Waals surface area contributed by atoms with Crippen molar-refractivity contribution in [2.75, 3.05) is 12.4 Å². The Morgan fingerprint density at radius 3 is 2.78 bits per heavy atom. The van der Waals surface area contributed by atoms with E-state index in [-0.39, 0.29) is 5.37 Å². The summed E-state index contributed by atoms with van der Waals surface area (Å²) in [6.07, 6.45) is 0. The molecule has 1 saturated heterocycles. The van der Waals surface area contributed by atoms with E-state index in [0.29, 0.717) is 30.5 Å². The van der Waals surface area contributed by atoms with Crippen LogP contribution >= 0.6 is 27.7 Å². The summed E-state index contributed by atoms with van der Waals surface area (Å²) >= 11 is 5.17. The molecule has 7 heteroatoms. The SMILES string of the molecule is CCOc1cc([C@H]2N[C@H](C(=O)O)CS2)cc(Br)c1OCc1ccccc1C. The molecule has 2 aromatic carbocycles. The van der Waals surface area contributed by atoms with E-state index in [0.717, 1.165) is 15.6 Å². The Morgan fingerprint density at radius 2 is 2.11 bits per heavy atom. The fourth-order valence-corrected chi connectivity index (χ4v) is 4.66. The van der Waals surface area contributed by atoms with Gasteiger partial charge in [-0.3, -0.25) is 10.1 Å². The average molecular weight is 452 g/mol. The van der Waals surface area contributed by atoms with E-state index in [2.05, 4.69) is 34.2 Å². The molecule has 0 saturated carbocycles. The highest BCUT2D eigenvalue weighted by atomic mass is 79.9. The quantitative estimate of drug-likeness (QED) is 0.644. The zero-order chi connectivity index (χ0) is 19.4. The number of ether oxygens (including phenoxy) is 2. The van der Waals surface area contributed by atoms with Crippen LogP contribution in [0.5, 0.6) is 11.5 Å². The van der Waals surface area contributed by atoms with Crippen LogP contribution in [-0.4, -0.2) is 29.5 Å². The van der Waals surface area contributed by atoms with Crippen LogP contribution in [0.25, 0.3) is 0 Å². The van der Waals surface area contributed by atoms with Crippen LogP contribution in [0.1, 0.15) is 29.0 Å². The maximum atomic E-state index is 11.2. The molecule has 2 aromatic rings. The summed E-state index contributed by atoms with van der Waals surface area (Å²) in [5.74, 6) is 1.01. The first kappa shape index (κ1) is 20.0. The monoisotopic (exact) mass is 451 g/mol. The minimum absolute atomic E-state index is 0.0907. The van der Waals surface area contributed by atoms with Crippen molar-refractivity contribution < 1.29 is 19.4 Å². The molecule has 2 N–H and O–H groups in total. The van der Waals surface area contributed by atoms with E-state index in [1.165, 1.54) is 5.56 Å². The molecule has 1 aliphatic heterocycles. The zero-order valence-electron chi connectivity index (χ0n) is 15.2. The molecule has 0 aliphatic carbocycles. The minimum atomic E-state index is -0.827. The van der Waals surface area contributed by atoms with Gasteiger partial charge in [0.15, 0.2) is 11.5 Å². The van der Waals surface area contributed by atoms with Crippen LogP contribution in [0.4, 0.5) is 0 Å². The molecule has 144 valence electrons. The van der Waals surface area contributed by atoms with Crippen molar-refractivity contribution in [3.63, 3.8) is 0 Å². The van der Waals surface area contributed by atoms with Crippen LogP contribution in [0.15, 0.2) is 40.9 Å². The predicted octanol–water partition coefficient (Wildman–Crippen LogP) is 4.52. The Hall–Kier alpha value is -1.70. The van der Waals surface area contributed by atoms with Gasteiger partial charge >= 0.3 is 5.97 Å². The Morgan fingerprint density at radius 1 is 1.33 bits per heavy atom. The summed E-state index contributed by atoms with van der Waals surface area (Å²) < 4.78 is 12.7. The molecule has 2 atom stereocenters. The standard InChI is InChI=1S/C20H22BrNO4S/c1-3-25-17-9-14(19-22-16(11-27-19)20(23)24)8-15(21)18(17)26-10-13-7-5-4-6-12(13)2/h4-9,16,19,22H,3,10-11H2,1-2H3,(H,23,24)/t16-,19-/m0/s1. The van der Waals surface area contributed by atoms with Crippen LogP contribution in [0.2, 0.25) is 0 Å². The van der Waals surface area contributed by atoms with Crippen molar-refractivity contribution in [3.05, 3.63) is 57.6 Å². The lowest BCUT2D eigenvalue weighted by atomic mass is 10.1. The number of aryl methyl sites for hydroxylation is 1. The van der Waals surface area contributed by atoms with Gasteiger partial charge in [0.2, 0.25) is 0 Å². The fraction of sp³-hybridized carbons (Fsp3) is 0.350. The summed E-state index contributed by atoms with van der Waals surface area (Å²) in [5.41, 5.74) is 3.25. The second-order valence-electron chi connectivity index (χ2n) is 6.25. The van der Waals surface area contributed by atoms with Gasteiger partial charge in [0.1, 0.15) is 12.6 Å². The Bertz CT molecular complexity index is 830. The number of rotatable bonds is 7. The van der Waals surface area contributed by atoms with Crippen molar-refractivity contribution in [1.29, 1.82) is 0 Å². The van der Waals surface area contributed by atoms with Gasteiger partial charge in [-0.15, -0.1) is 11.8 Å². The number of hydrogen-bond acceptors (Lipinski definition) is 5. The lowest BCUT2D eigenvalue weighted by molar-refractivity contribution is -0.138. The summed E-state index contributed by atoms with van der Waals surface area (Å²) in [5, 5.41) is 12.2. The third-order valence-electron chi connectivity index (χ3n) is 4.35. The van der Waals surface area contributed by atoms with Gasteiger partial charge < -0.3 is 14.6 Å². The Kier molecular flexibility index (Phi) is 6.68. The number of carbonyl (C=O) groups is 1. The molecular weight excluding hydrogens is 430 g/mol. The van der Waals surface area contributed by atoms with E-state index in [1.54, 1.807) is 11.8 Å². The second-order valence-corrected chi connectivity index (χ2v) is 8.24. The molecule has 5 nitrogen and oxygen atoms in total. The molecule has 27 heavy (non-hydrogen) atoms. The highest BCUT2D eigenvalue weighted by Crippen LogP contribution is 2.42. The number of carboxylic acid groups (broad SMARTS) is 1. The van der Waals surface area contributed by atoms with Gasteiger partial charge in [0, 0.05) is 5.75 Å². The van der Waals surface area contributed by atoms with Crippen molar-refractivity contribution in [1.82, 2.24) is 5.32 Å². The Labute approximate surface area is 171 Å². The van der Waals surface area contributed by atoms with Crippen molar-refractivity contribution in [3.8, 4) is 11.5 Å². The number of thioether (sulfide) groups is 1.